The molecule has 0 heterocycles. The molecule has 0 aliphatic carbocycles. The maximum atomic E-state index is 13.6. The maximum Gasteiger partial charge on any atom is 0.387 e. The number of ether oxygens (including phenoxy) is 2. The van der Waals surface area contributed by atoms with Crippen LogP contribution >= 0.6 is 11.6 Å². The van der Waals surface area contributed by atoms with Gasteiger partial charge in [0.2, 0.25) is 5.91 Å². The highest BCUT2D eigenvalue weighted by molar-refractivity contribution is 6.30. The van der Waals surface area contributed by atoms with E-state index in [0.29, 0.717) is 0 Å². The molecule has 0 aliphatic heterocycles. The predicted octanol–water partition coefficient (Wildman–Crippen LogP) is 4.74. The lowest BCUT2D eigenvalue weighted by Crippen LogP contribution is -2.09. The summed E-state index contributed by atoms with van der Waals surface area (Å²) in [4.78, 5) is 11.9. The largest absolute Gasteiger partial charge is 0.493 e. The monoisotopic (exact) mass is 371 g/mol. The van der Waals surface area contributed by atoms with Crippen molar-refractivity contribution in [2.45, 2.75) is 6.61 Å². The number of amides is 1. The first kappa shape index (κ1) is 18.7. The summed E-state index contributed by atoms with van der Waals surface area (Å²) in [6.07, 6.45) is 2.31. The number of para-hydroxylation sites is 1. The molecular formula is C17H13ClF3NO3. The van der Waals surface area contributed by atoms with E-state index in [1.54, 1.807) is 6.07 Å². The molecule has 1 amide bonds. The van der Waals surface area contributed by atoms with Crippen LogP contribution in [0.2, 0.25) is 5.02 Å². The fourth-order valence-corrected chi connectivity index (χ4v) is 2.13. The third-order valence-corrected chi connectivity index (χ3v) is 3.27. The molecule has 2 aromatic carbocycles. The van der Waals surface area contributed by atoms with E-state index < -0.39 is 18.3 Å². The van der Waals surface area contributed by atoms with Crippen molar-refractivity contribution in [2.75, 3.05) is 12.4 Å². The molecule has 4 nitrogen and oxygen atoms in total. The maximum absolute atomic E-state index is 13.6. The fraction of sp³-hybridized carbons (Fsp3) is 0.118. The summed E-state index contributed by atoms with van der Waals surface area (Å²) in [5.41, 5.74) is 0.139. The van der Waals surface area contributed by atoms with E-state index in [9.17, 15) is 18.0 Å². The highest BCUT2D eigenvalue weighted by atomic mass is 35.5. The van der Waals surface area contributed by atoms with Gasteiger partial charge in [0.15, 0.2) is 11.5 Å². The molecule has 0 aliphatic rings. The number of hydrogen-bond acceptors (Lipinski definition) is 3. The summed E-state index contributed by atoms with van der Waals surface area (Å²) >= 11 is 5.63. The summed E-state index contributed by atoms with van der Waals surface area (Å²) in [6.45, 7) is -3.06. The van der Waals surface area contributed by atoms with E-state index in [-0.39, 0.29) is 27.8 Å². The Morgan fingerprint density at radius 2 is 2.04 bits per heavy atom. The molecule has 0 radical (unpaired) electrons. The number of benzene rings is 2. The molecule has 2 aromatic rings. The van der Waals surface area contributed by atoms with Crippen molar-refractivity contribution in [2.24, 2.45) is 0 Å². The van der Waals surface area contributed by atoms with E-state index >= 15 is 0 Å². The topological polar surface area (TPSA) is 47.6 Å². The molecule has 0 fully saturated rings. The number of methoxy groups -OCH3 is 1. The van der Waals surface area contributed by atoms with Crippen molar-refractivity contribution in [1.29, 1.82) is 0 Å². The summed E-state index contributed by atoms with van der Waals surface area (Å²) in [5, 5.41) is 2.51. The molecule has 132 valence electrons. The van der Waals surface area contributed by atoms with Crippen LogP contribution in [0.15, 0.2) is 42.5 Å². The van der Waals surface area contributed by atoms with Crippen molar-refractivity contribution >= 4 is 29.3 Å². The Morgan fingerprint density at radius 3 is 2.68 bits per heavy atom. The summed E-state index contributed by atoms with van der Waals surface area (Å²) in [7, 11) is 1.30. The minimum absolute atomic E-state index is 0.0613. The third kappa shape index (κ3) is 5.15. The third-order valence-electron chi connectivity index (χ3n) is 3.04. The minimum Gasteiger partial charge on any atom is -0.493 e. The lowest BCUT2D eigenvalue weighted by molar-refractivity contribution is -0.111. The highest BCUT2D eigenvalue weighted by Crippen LogP contribution is 2.33. The SMILES string of the molecule is COc1cccc(/C=C/C(=O)Nc2ccc(Cl)cc2F)c1OC(F)F. The van der Waals surface area contributed by atoms with Crippen molar-refractivity contribution in [3.05, 3.63) is 58.9 Å². The number of hydrogen-bond donors (Lipinski definition) is 1. The van der Waals surface area contributed by atoms with Crippen LogP contribution in [0.25, 0.3) is 6.08 Å². The van der Waals surface area contributed by atoms with Crippen molar-refractivity contribution in [1.82, 2.24) is 0 Å². The van der Waals surface area contributed by atoms with Gasteiger partial charge in [0.05, 0.1) is 12.8 Å². The molecule has 0 unspecified atom stereocenters. The van der Waals surface area contributed by atoms with Gasteiger partial charge in [-0.05, 0) is 30.3 Å². The first-order chi connectivity index (χ1) is 11.9. The van der Waals surface area contributed by atoms with Crippen LogP contribution < -0.4 is 14.8 Å². The van der Waals surface area contributed by atoms with Crippen molar-refractivity contribution in [3.8, 4) is 11.5 Å². The van der Waals surface area contributed by atoms with E-state index in [4.69, 9.17) is 16.3 Å². The van der Waals surface area contributed by atoms with Crippen LogP contribution in [0.5, 0.6) is 11.5 Å². The molecule has 0 saturated carbocycles. The lowest BCUT2D eigenvalue weighted by atomic mass is 10.1. The molecule has 1 N–H and O–H groups in total. The van der Waals surface area contributed by atoms with Gasteiger partial charge in [0, 0.05) is 16.7 Å². The smallest absolute Gasteiger partial charge is 0.387 e. The zero-order chi connectivity index (χ0) is 18.4. The molecule has 0 saturated heterocycles. The number of nitrogens with one attached hydrogen (secondary N) is 1. The number of alkyl halides is 2. The Morgan fingerprint density at radius 1 is 1.28 bits per heavy atom. The van der Waals surface area contributed by atoms with Crippen LogP contribution in [0.1, 0.15) is 5.56 Å². The molecule has 0 aromatic heterocycles. The van der Waals surface area contributed by atoms with Gasteiger partial charge < -0.3 is 14.8 Å². The second kappa shape index (κ2) is 8.43. The molecule has 0 atom stereocenters. The summed E-state index contributed by atoms with van der Waals surface area (Å²) in [5.74, 6) is -1.47. The zero-order valence-corrected chi connectivity index (χ0v) is 13.7. The Hall–Kier alpha value is -2.67. The lowest BCUT2D eigenvalue weighted by Gasteiger charge is -2.12. The molecule has 8 heteroatoms. The van der Waals surface area contributed by atoms with E-state index in [2.05, 4.69) is 10.1 Å². The second-order valence-electron chi connectivity index (χ2n) is 4.70. The molecular weight excluding hydrogens is 359 g/mol. The van der Waals surface area contributed by atoms with Gasteiger partial charge in [0.1, 0.15) is 5.82 Å². The van der Waals surface area contributed by atoms with Crippen LogP contribution in [-0.4, -0.2) is 19.6 Å². The molecule has 25 heavy (non-hydrogen) atoms. The fourth-order valence-electron chi connectivity index (χ4n) is 1.97. The molecule has 0 bridgehead atoms. The van der Waals surface area contributed by atoms with Gasteiger partial charge in [0.25, 0.3) is 0 Å². The Bertz CT molecular complexity index is 797. The van der Waals surface area contributed by atoms with Crippen LogP contribution in [0.4, 0.5) is 18.9 Å². The van der Waals surface area contributed by atoms with Gasteiger partial charge >= 0.3 is 6.61 Å². The molecule has 0 spiro atoms. The number of carbonyl (C=O) groups excluding carboxylic acids is 1. The predicted molar refractivity (Wildman–Crippen MR) is 88.7 cm³/mol. The van der Waals surface area contributed by atoms with Crippen LogP contribution in [-0.2, 0) is 4.79 Å². The summed E-state index contributed by atoms with van der Waals surface area (Å²) < 4.78 is 48.1. The van der Waals surface area contributed by atoms with Crippen molar-refractivity contribution in [3.63, 3.8) is 0 Å². The number of anilines is 1. The minimum atomic E-state index is -3.06. The Kier molecular flexibility index (Phi) is 6.30. The number of halogens is 4. The standard InChI is InChI=1S/C17H13ClF3NO3/c1-24-14-4-2-3-10(16(14)25-17(20)21)5-8-15(23)22-13-7-6-11(18)9-12(13)19/h2-9,17H,1H3,(H,22,23)/b8-5+. The average molecular weight is 372 g/mol. The normalized spacial score (nSPS) is 11.0. The van der Waals surface area contributed by atoms with Crippen LogP contribution in [0, 0.1) is 5.82 Å². The first-order valence-electron chi connectivity index (χ1n) is 6.96. The highest BCUT2D eigenvalue weighted by Gasteiger charge is 2.14. The first-order valence-corrected chi connectivity index (χ1v) is 7.34. The number of rotatable bonds is 6. The second-order valence-corrected chi connectivity index (χ2v) is 5.14. The quantitative estimate of drug-likeness (QED) is 0.746. The van der Waals surface area contributed by atoms with E-state index in [1.165, 1.54) is 37.5 Å². The van der Waals surface area contributed by atoms with E-state index in [0.717, 1.165) is 12.1 Å². The van der Waals surface area contributed by atoms with E-state index in [1.807, 2.05) is 0 Å². The number of carbonyl (C=O) groups is 1. The molecule has 2 rings (SSSR count). The van der Waals surface area contributed by atoms with Crippen molar-refractivity contribution < 1.29 is 27.4 Å². The van der Waals surface area contributed by atoms with Crippen LogP contribution in [0.3, 0.4) is 0 Å². The Labute approximate surface area is 146 Å². The Balaban J connectivity index is 2.19. The van der Waals surface area contributed by atoms with Gasteiger partial charge in [-0.2, -0.15) is 8.78 Å². The average Bonchev–Trinajstić information content (AvgIpc) is 2.56. The van der Waals surface area contributed by atoms with Gasteiger partial charge in [-0.15, -0.1) is 0 Å². The van der Waals surface area contributed by atoms with Gasteiger partial charge in [-0.1, -0.05) is 23.7 Å². The summed E-state index contributed by atoms with van der Waals surface area (Å²) in [6, 6.07) is 8.23. The van der Waals surface area contributed by atoms with Gasteiger partial charge in [-0.25, -0.2) is 4.39 Å². The zero-order valence-electron chi connectivity index (χ0n) is 12.9. The van der Waals surface area contributed by atoms with Gasteiger partial charge in [-0.3, -0.25) is 4.79 Å².